The molecule has 146 valence electrons. The van der Waals surface area contributed by atoms with Crippen molar-refractivity contribution in [3.63, 3.8) is 0 Å². The second kappa shape index (κ2) is 8.81. The number of benzene rings is 2. The Labute approximate surface area is 164 Å². The summed E-state index contributed by atoms with van der Waals surface area (Å²) in [5, 5.41) is 0. The van der Waals surface area contributed by atoms with Gasteiger partial charge in [-0.25, -0.2) is 23.1 Å². The van der Waals surface area contributed by atoms with Crippen molar-refractivity contribution in [1.82, 2.24) is 14.7 Å². The van der Waals surface area contributed by atoms with Crippen molar-refractivity contribution in [2.24, 2.45) is 0 Å². The standard InChI is InChI=1S/C20H21N3O4S/c1-3-27-18-8-10-19(11-9-18)28(24,25)23-13-16-12-20(22-14-21-16)15-4-6-17(26-2)7-5-15/h4-12,14,23H,3,13H2,1-2H3. The van der Waals surface area contributed by atoms with Crippen molar-refractivity contribution in [3.8, 4) is 22.8 Å². The molecule has 1 aromatic heterocycles. The number of aromatic nitrogens is 2. The molecule has 1 heterocycles. The van der Waals surface area contributed by atoms with Gasteiger partial charge in [0.05, 0.1) is 36.5 Å². The highest BCUT2D eigenvalue weighted by Crippen LogP contribution is 2.21. The highest BCUT2D eigenvalue weighted by Gasteiger charge is 2.14. The number of sulfonamides is 1. The van der Waals surface area contributed by atoms with Gasteiger partial charge in [-0.1, -0.05) is 0 Å². The Morgan fingerprint density at radius 3 is 2.29 bits per heavy atom. The minimum atomic E-state index is -3.66. The molecule has 0 aliphatic heterocycles. The molecule has 0 saturated carbocycles. The van der Waals surface area contributed by atoms with Crippen molar-refractivity contribution in [2.45, 2.75) is 18.4 Å². The lowest BCUT2D eigenvalue weighted by molar-refractivity contribution is 0.340. The van der Waals surface area contributed by atoms with Gasteiger partial charge in [0.1, 0.15) is 17.8 Å². The maximum absolute atomic E-state index is 12.5. The Morgan fingerprint density at radius 1 is 0.964 bits per heavy atom. The molecule has 1 N–H and O–H groups in total. The Kier molecular flexibility index (Phi) is 6.23. The highest BCUT2D eigenvalue weighted by molar-refractivity contribution is 7.89. The van der Waals surface area contributed by atoms with Crippen molar-refractivity contribution in [1.29, 1.82) is 0 Å². The maximum Gasteiger partial charge on any atom is 0.240 e. The van der Waals surface area contributed by atoms with Crippen LogP contribution >= 0.6 is 0 Å². The number of hydrogen-bond acceptors (Lipinski definition) is 6. The zero-order valence-corrected chi connectivity index (χ0v) is 16.4. The molecule has 3 aromatic rings. The van der Waals surface area contributed by atoms with Crippen LogP contribution in [0, 0.1) is 0 Å². The predicted octanol–water partition coefficient (Wildman–Crippen LogP) is 3.03. The van der Waals surface area contributed by atoms with E-state index in [4.69, 9.17) is 9.47 Å². The Morgan fingerprint density at radius 2 is 1.64 bits per heavy atom. The summed E-state index contributed by atoms with van der Waals surface area (Å²) in [7, 11) is -2.05. The van der Waals surface area contributed by atoms with Crippen LogP contribution in [0.25, 0.3) is 11.3 Å². The van der Waals surface area contributed by atoms with Crippen molar-refractivity contribution in [2.75, 3.05) is 13.7 Å². The van der Waals surface area contributed by atoms with Gasteiger partial charge in [-0.15, -0.1) is 0 Å². The summed E-state index contributed by atoms with van der Waals surface area (Å²) in [6.45, 7) is 2.45. The van der Waals surface area contributed by atoms with E-state index < -0.39 is 10.0 Å². The third-order valence-electron chi connectivity index (χ3n) is 4.00. The second-order valence-corrected chi connectivity index (χ2v) is 7.62. The van der Waals surface area contributed by atoms with Gasteiger partial charge in [-0.05, 0) is 61.5 Å². The molecule has 0 fully saturated rings. The normalized spacial score (nSPS) is 11.2. The monoisotopic (exact) mass is 399 g/mol. The molecule has 0 unspecified atom stereocenters. The number of nitrogens with one attached hydrogen (secondary N) is 1. The Hall–Kier alpha value is -2.97. The molecule has 0 spiro atoms. The van der Waals surface area contributed by atoms with Crippen LogP contribution in [-0.2, 0) is 16.6 Å². The van der Waals surface area contributed by atoms with Crippen LogP contribution in [0.5, 0.6) is 11.5 Å². The Bertz CT molecular complexity index is 1020. The van der Waals surface area contributed by atoms with E-state index in [2.05, 4.69) is 14.7 Å². The fraction of sp³-hybridized carbons (Fsp3) is 0.200. The van der Waals surface area contributed by atoms with E-state index in [9.17, 15) is 8.42 Å². The molecular formula is C20H21N3O4S. The Balaban J connectivity index is 1.71. The van der Waals surface area contributed by atoms with Gasteiger partial charge in [0.15, 0.2) is 0 Å². The summed E-state index contributed by atoms with van der Waals surface area (Å²) < 4.78 is 38.0. The second-order valence-electron chi connectivity index (χ2n) is 5.85. The summed E-state index contributed by atoms with van der Waals surface area (Å²) in [6, 6.07) is 15.5. The van der Waals surface area contributed by atoms with Crippen molar-refractivity contribution < 1.29 is 17.9 Å². The number of hydrogen-bond donors (Lipinski definition) is 1. The third-order valence-corrected chi connectivity index (χ3v) is 5.41. The van der Waals surface area contributed by atoms with E-state index in [0.29, 0.717) is 23.7 Å². The summed E-state index contributed by atoms with van der Waals surface area (Å²) in [5.41, 5.74) is 2.15. The minimum absolute atomic E-state index is 0.0568. The largest absolute Gasteiger partial charge is 0.497 e. The first kappa shape index (κ1) is 19.8. The average molecular weight is 399 g/mol. The molecular weight excluding hydrogens is 378 g/mol. The van der Waals surface area contributed by atoms with Gasteiger partial charge in [0.2, 0.25) is 10.0 Å². The molecule has 0 bridgehead atoms. The lowest BCUT2D eigenvalue weighted by atomic mass is 10.1. The molecule has 28 heavy (non-hydrogen) atoms. The van der Waals surface area contributed by atoms with Crippen LogP contribution < -0.4 is 14.2 Å². The molecule has 0 saturated heterocycles. The number of rotatable bonds is 8. The van der Waals surface area contributed by atoms with Crippen LogP contribution in [0.15, 0.2) is 65.8 Å². The van der Waals surface area contributed by atoms with Gasteiger partial charge >= 0.3 is 0 Å². The first-order valence-corrected chi connectivity index (χ1v) is 10.2. The molecule has 3 rings (SSSR count). The van der Waals surface area contributed by atoms with Crippen LogP contribution in [0.2, 0.25) is 0 Å². The molecule has 8 heteroatoms. The minimum Gasteiger partial charge on any atom is -0.497 e. The van der Waals surface area contributed by atoms with Crippen molar-refractivity contribution in [3.05, 3.63) is 66.6 Å². The summed E-state index contributed by atoms with van der Waals surface area (Å²) in [6.07, 6.45) is 1.42. The van der Waals surface area contributed by atoms with Gasteiger partial charge < -0.3 is 9.47 Å². The summed E-state index contributed by atoms with van der Waals surface area (Å²) in [4.78, 5) is 8.57. The summed E-state index contributed by atoms with van der Waals surface area (Å²) >= 11 is 0. The molecule has 0 aliphatic carbocycles. The van der Waals surface area contributed by atoms with Gasteiger partial charge in [0.25, 0.3) is 0 Å². The number of methoxy groups -OCH3 is 1. The fourth-order valence-corrected chi connectivity index (χ4v) is 3.55. The molecule has 0 atom stereocenters. The van der Waals surface area contributed by atoms with Crippen LogP contribution in [-0.4, -0.2) is 32.1 Å². The lowest BCUT2D eigenvalue weighted by Gasteiger charge is -2.09. The van der Waals surface area contributed by atoms with Crippen LogP contribution in [0.3, 0.4) is 0 Å². The van der Waals surface area contributed by atoms with E-state index in [1.54, 1.807) is 25.3 Å². The third kappa shape index (κ3) is 4.85. The first-order chi connectivity index (χ1) is 13.5. The highest BCUT2D eigenvalue weighted by atomic mass is 32.2. The quantitative estimate of drug-likeness (QED) is 0.626. The van der Waals surface area contributed by atoms with Gasteiger partial charge in [-0.3, -0.25) is 0 Å². The zero-order valence-electron chi connectivity index (χ0n) is 15.6. The maximum atomic E-state index is 12.5. The lowest BCUT2D eigenvalue weighted by Crippen LogP contribution is -2.23. The van der Waals surface area contributed by atoms with E-state index in [-0.39, 0.29) is 11.4 Å². The molecule has 7 nitrogen and oxygen atoms in total. The molecule has 0 radical (unpaired) electrons. The van der Waals surface area contributed by atoms with Crippen LogP contribution in [0.4, 0.5) is 0 Å². The fourth-order valence-electron chi connectivity index (χ4n) is 2.55. The molecule has 0 aliphatic rings. The SMILES string of the molecule is CCOc1ccc(S(=O)(=O)NCc2cc(-c3ccc(OC)cc3)ncn2)cc1. The number of ether oxygens (including phenoxy) is 2. The van der Waals surface area contributed by atoms with Gasteiger partial charge in [-0.2, -0.15) is 0 Å². The van der Waals surface area contributed by atoms with E-state index in [1.807, 2.05) is 31.2 Å². The number of nitrogens with zero attached hydrogens (tertiary/aromatic N) is 2. The first-order valence-electron chi connectivity index (χ1n) is 8.69. The predicted molar refractivity (Wildman–Crippen MR) is 106 cm³/mol. The van der Waals surface area contributed by atoms with E-state index in [0.717, 1.165) is 11.3 Å². The molecule has 2 aromatic carbocycles. The average Bonchev–Trinajstić information content (AvgIpc) is 2.73. The van der Waals surface area contributed by atoms with Crippen molar-refractivity contribution >= 4 is 10.0 Å². The van der Waals surface area contributed by atoms with E-state index >= 15 is 0 Å². The zero-order chi connectivity index (χ0) is 20.0. The molecule has 0 amide bonds. The summed E-state index contributed by atoms with van der Waals surface area (Å²) in [5.74, 6) is 1.38. The van der Waals surface area contributed by atoms with Crippen LogP contribution in [0.1, 0.15) is 12.6 Å². The van der Waals surface area contributed by atoms with Gasteiger partial charge in [0, 0.05) is 5.56 Å². The topological polar surface area (TPSA) is 90.4 Å². The van der Waals surface area contributed by atoms with E-state index in [1.165, 1.54) is 18.5 Å². The smallest absolute Gasteiger partial charge is 0.240 e.